The van der Waals surface area contributed by atoms with Crippen LogP contribution in [0.1, 0.15) is 35.6 Å². The number of hydrogen-bond acceptors (Lipinski definition) is 8. The van der Waals surface area contributed by atoms with Crippen molar-refractivity contribution in [3.05, 3.63) is 61.5 Å². The third kappa shape index (κ3) is 7.21. The third-order valence-corrected chi connectivity index (χ3v) is 9.63. The average Bonchev–Trinajstić information content (AvgIpc) is 3.32. The van der Waals surface area contributed by atoms with Crippen molar-refractivity contribution in [3.63, 3.8) is 0 Å². The minimum atomic E-state index is -0.957. The van der Waals surface area contributed by atoms with E-state index in [9.17, 15) is 19.8 Å². The van der Waals surface area contributed by atoms with Gasteiger partial charge in [0.1, 0.15) is 0 Å². The van der Waals surface area contributed by atoms with Crippen LogP contribution < -0.4 is 0 Å². The maximum atomic E-state index is 11.2. The second kappa shape index (κ2) is 13.4. The molecule has 3 N–H and O–H groups in total. The number of thioether (sulfide) groups is 3. The number of hydrogen-bond donors (Lipinski definition) is 3. The van der Waals surface area contributed by atoms with Crippen LogP contribution in [-0.2, 0) is 16.1 Å². The van der Waals surface area contributed by atoms with E-state index in [4.69, 9.17) is 17.3 Å². The molecule has 6 nitrogen and oxygen atoms in total. The van der Waals surface area contributed by atoms with E-state index in [0.29, 0.717) is 15.3 Å². The van der Waals surface area contributed by atoms with Crippen molar-refractivity contribution < 1.29 is 24.9 Å². The van der Waals surface area contributed by atoms with Gasteiger partial charge < -0.3 is 15.3 Å². The molecule has 0 fully saturated rings. The first kappa shape index (κ1) is 28.4. The fourth-order valence-corrected chi connectivity index (χ4v) is 7.71. The molecular formula is C25H25NO5S5. The van der Waals surface area contributed by atoms with Crippen LogP contribution in [0.25, 0.3) is 6.08 Å². The first-order valence-corrected chi connectivity index (χ1v) is 15.3. The molecule has 3 rings (SSSR count). The number of fused-ring (bicyclic) bond motifs is 1. The molecule has 1 aliphatic rings. The number of nitrogens with zero attached hydrogens (tertiary/aromatic N) is 1. The topological polar surface area (TPSA) is 99.8 Å². The standard InChI is InChI=1S/C25H25NO5S5/c1-33-20-13-16-15(9-10-22(27)28)17(35-19(16)14-21(20)34-2)7-5-3-4-6-8-18-24(31)26(25(32)36-18)12-11-23(29)30/h3-5,7-8,13-15,31H,9-12H2,1-2H3,(H,27,28)(H,29,30). The van der Waals surface area contributed by atoms with Gasteiger partial charge in [-0.3, -0.25) is 14.2 Å². The Kier molecular flexibility index (Phi) is 10.6. The van der Waals surface area contributed by atoms with Gasteiger partial charge in [-0.2, -0.15) is 0 Å². The number of rotatable bonds is 11. The summed E-state index contributed by atoms with van der Waals surface area (Å²) in [5, 5.41) is 28.4. The predicted octanol–water partition coefficient (Wildman–Crippen LogP) is 7.27. The number of aromatic nitrogens is 1. The Balaban J connectivity index is 1.78. The predicted molar refractivity (Wildman–Crippen MR) is 152 cm³/mol. The number of allylic oxidation sites excluding steroid dienone is 5. The van der Waals surface area contributed by atoms with E-state index in [0.717, 1.165) is 4.91 Å². The van der Waals surface area contributed by atoms with E-state index < -0.39 is 11.9 Å². The van der Waals surface area contributed by atoms with Gasteiger partial charge in [0, 0.05) is 39.6 Å². The molecule has 0 radical (unpaired) electrons. The lowest BCUT2D eigenvalue weighted by Gasteiger charge is -2.13. The van der Waals surface area contributed by atoms with Crippen molar-refractivity contribution in [2.24, 2.45) is 0 Å². The van der Waals surface area contributed by atoms with Gasteiger partial charge in [-0.25, -0.2) is 0 Å². The van der Waals surface area contributed by atoms with Crippen molar-refractivity contribution in [2.75, 3.05) is 12.5 Å². The number of thiazole rings is 1. The average molecular weight is 580 g/mol. The summed E-state index contributed by atoms with van der Waals surface area (Å²) in [7, 11) is 0. The van der Waals surface area contributed by atoms with Crippen LogP contribution in [-0.4, -0.2) is 44.3 Å². The van der Waals surface area contributed by atoms with Crippen molar-refractivity contribution in [2.45, 2.75) is 46.4 Å². The monoisotopic (exact) mass is 579 g/mol. The molecule has 11 heteroatoms. The number of carboxylic acid groups (broad SMARTS) is 2. The maximum absolute atomic E-state index is 11.2. The number of benzene rings is 1. The Hall–Kier alpha value is -2.14. The minimum Gasteiger partial charge on any atom is -0.493 e. The molecule has 0 saturated carbocycles. The third-order valence-electron chi connectivity index (χ3n) is 5.33. The zero-order valence-electron chi connectivity index (χ0n) is 19.6. The Morgan fingerprint density at radius 1 is 1.14 bits per heavy atom. The maximum Gasteiger partial charge on any atom is 0.305 e. The summed E-state index contributed by atoms with van der Waals surface area (Å²) < 4.78 is 1.81. The largest absolute Gasteiger partial charge is 0.493 e. The Morgan fingerprint density at radius 2 is 1.83 bits per heavy atom. The Morgan fingerprint density at radius 3 is 2.50 bits per heavy atom. The van der Waals surface area contributed by atoms with Crippen LogP contribution in [0.15, 0.2) is 61.8 Å². The van der Waals surface area contributed by atoms with Crippen molar-refractivity contribution >= 4 is 76.9 Å². The molecule has 0 spiro atoms. The van der Waals surface area contributed by atoms with Crippen molar-refractivity contribution in [1.82, 2.24) is 4.57 Å². The van der Waals surface area contributed by atoms with Crippen molar-refractivity contribution in [3.8, 4) is 5.88 Å². The first-order valence-electron chi connectivity index (χ1n) is 10.8. The zero-order chi connectivity index (χ0) is 26.2. The summed E-state index contributed by atoms with van der Waals surface area (Å²) in [4.78, 5) is 27.2. The Labute approximate surface area is 231 Å². The summed E-state index contributed by atoms with van der Waals surface area (Å²) in [6.45, 7) is 0.113. The van der Waals surface area contributed by atoms with Gasteiger partial charge in [0.15, 0.2) is 3.95 Å². The van der Waals surface area contributed by atoms with E-state index >= 15 is 0 Å². The van der Waals surface area contributed by atoms with Crippen LogP contribution in [0.3, 0.4) is 0 Å². The highest BCUT2D eigenvalue weighted by atomic mass is 32.2. The molecule has 0 amide bonds. The molecule has 0 aliphatic carbocycles. The molecular weight excluding hydrogens is 555 g/mol. The molecule has 1 aliphatic heterocycles. The highest BCUT2D eigenvalue weighted by molar-refractivity contribution is 8.03. The lowest BCUT2D eigenvalue weighted by atomic mass is 9.93. The SMILES string of the molecule is CSc1cc2c(cc1SC)C(CCC(=O)O)C(=CC=CC=C=Cc1sc(=S)n(CCC(=O)O)c1O)S2. The second-order valence-corrected chi connectivity index (χ2v) is 12.1. The van der Waals surface area contributed by atoms with Gasteiger partial charge in [0.2, 0.25) is 5.88 Å². The molecule has 2 aromatic rings. The molecule has 1 unspecified atom stereocenters. The fourth-order valence-electron chi connectivity index (χ4n) is 3.60. The van der Waals surface area contributed by atoms with Gasteiger partial charge in [-0.1, -0.05) is 30.0 Å². The quantitative estimate of drug-likeness (QED) is 0.110. The highest BCUT2D eigenvalue weighted by Crippen LogP contribution is 2.52. The summed E-state index contributed by atoms with van der Waals surface area (Å²) in [6.07, 6.45) is 13.7. The van der Waals surface area contributed by atoms with E-state index in [1.807, 2.05) is 18.2 Å². The molecule has 0 bridgehead atoms. The van der Waals surface area contributed by atoms with Crippen LogP contribution in [0, 0.1) is 3.95 Å². The van der Waals surface area contributed by atoms with Crippen LogP contribution in [0.5, 0.6) is 5.88 Å². The molecule has 36 heavy (non-hydrogen) atoms. The van der Waals surface area contributed by atoms with Gasteiger partial charge in [0.05, 0.1) is 11.3 Å². The van der Waals surface area contributed by atoms with Gasteiger partial charge >= 0.3 is 11.9 Å². The molecule has 1 aromatic heterocycles. The molecule has 1 atom stereocenters. The smallest absolute Gasteiger partial charge is 0.305 e. The van der Waals surface area contributed by atoms with Crippen LogP contribution in [0.2, 0.25) is 0 Å². The summed E-state index contributed by atoms with van der Waals surface area (Å²) >= 11 is 11.5. The molecule has 1 aromatic carbocycles. The van der Waals surface area contributed by atoms with Gasteiger partial charge in [-0.05, 0) is 59.8 Å². The summed E-state index contributed by atoms with van der Waals surface area (Å²) in [5.41, 5.74) is 4.17. The highest BCUT2D eigenvalue weighted by Gasteiger charge is 2.29. The van der Waals surface area contributed by atoms with E-state index in [2.05, 4.69) is 30.4 Å². The zero-order valence-corrected chi connectivity index (χ0v) is 23.7. The lowest BCUT2D eigenvalue weighted by Crippen LogP contribution is -2.03. The summed E-state index contributed by atoms with van der Waals surface area (Å²) in [5.74, 6) is -1.77. The van der Waals surface area contributed by atoms with Gasteiger partial charge in [0.25, 0.3) is 0 Å². The van der Waals surface area contributed by atoms with Crippen molar-refractivity contribution in [1.29, 1.82) is 0 Å². The normalized spacial score (nSPS) is 15.7. The van der Waals surface area contributed by atoms with E-state index in [1.165, 1.54) is 36.2 Å². The number of aliphatic carboxylic acids is 2. The number of carboxylic acids is 2. The Bertz CT molecular complexity index is 1330. The van der Waals surface area contributed by atoms with E-state index in [-0.39, 0.29) is 31.2 Å². The fraction of sp³-hybridized carbons (Fsp3) is 0.280. The minimum absolute atomic E-state index is 0.0434. The second-order valence-electron chi connectivity index (χ2n) is 7.61. The van der Waals surface area contributed by atoms with Crippen LogP contribution in [0.4, 0.5) is 0 Å². The molecule has 190 valence electrons. The number of carbonyl (C=O) groups is 2. The van der Waals surface area contributed by atoms with Crippen LogP contribution >= 0.6 is 58.8 Å². The molecule has 2 heterocycles. The lowest BCUT2D eigenvalue weighted by molar-refractivity contribution is -0.138. The molecule has 0 saturated heterocycles. The number of aromatic hydroxyl groups is 1. The van der Waals surface area contributed by atoms with Gasteiger partial charge in [-0.15, -0.1) is 40.6 Å². The first-order chi connectivity index (χ1) is 17.2. The summed E-state index contributed by atoms with van der Waals surface area (Å²) in [6, 6.07) is 4.39. The van der Waals surface area contributed by atoms with E-state index in [1.54, 1.807) is 47.4 Å².